The molecule has 1 aromatic rings. The molecule has 5 nitrogen and oxygen atoms in total. The summed E-state index contributed by atoms with van der Waals surface area (Å²) >= 11 is 0. The molecule has 0 saturated carbocycles. The van der Waals surface area contributed by atoms with Crippen molar-refractivity contribution in [2.45, 2.75) is 73.3 Å². The van der Waals surface area contributed by atoms with Gasteiger partial charge in [0.2, 0.25) is 0 Å². The Balaban J connectivity index is 0. The van der Waals surface area contributed by atoms with Gasteiger partial charge < -0.3 is 9.53 Å². The maximum atomic E-state index is 10.7. The SMILES string of the molecule is CC.CCC.COCCc1cn(CCCCC(C)=O)nn1. The molecule has 0 amide bonds. The van der Waals surface area contributed by atoms with E-state index < -0.39 is 0 Å². The standard InChI is InChI=1S/C11H19N3O2.C3H8.C2H6/c1-10(15)5-3-4-7-14-9-11(12-13-14)6-8-16-2;1-3-2;1-2/h9H,3-8H2,1-2H3;3H2,1-2H3;1-2H3. The monoisotopic (exact) mass is 299 g/mol. The van der Waals surface area contributed by atoms with Crippen LogP contribution in [-0.2, 0) is 22.5 Å². The Kier molecular flexibility index (Phi) is 17.7. The molecular formula is C16H33N3O2. The first-order chi connectivity index (χ1) is 10.1. The predicted molar refractivity (Wildman–Crippen MR) is 87.4 cm³/mol. The highest BCUT2D eigenvalue weighted by Gasteiger charge is 2.00. The van der Waals surface area contributed by atoms with Gasteiger partial charge in [0.05, 0.1) is 12.3 Å². The predicted octanol–water partition coefficient (Wildman–Crippen LogP) is 3.67. The fraction of sp³-hybridized carbons (Fsp3) is 0.812. The molecule has 1 heterocycles. The Morgan fingerprint density at radius 2 is 1.90 bits per heavy atom. The Labute approximate surface area is 130 Å². The van der Waals surface area contributed by atoms with Gasteiger partial charge in [0.15, 0.2) is 0 Å². The molecule has 21 heavy (non-hydrogen) atoms. The zero-order valence-electron chi connectivity index (χ0n) is 14.7. The van der Waals surface area contributed by atoms with Crippen molar-refractivity contribution in [3.63, 3.8) is 0 Å². The third kappa shape index (κ3) is 15.0. The van der Waals surface area contributed by atoms with Crippen LogP contribution in [0, 0.1) is 0 Å². The number of hydrogen-bond donors (Lipinski definition) is 0. The van der Waals surface area contributed by atoms with Crippen molar-refractivity contribution in [2.24, 2.45) is 0 Å². The van der Waals surface area contributed by atoms with Gasteiger partial charge in [0.1, 0.15) is 5.78 Å². The molecule has 0 aromatic carbocycles. The summed E-state index contributed by atoms with van der Waals surface area (Å²) in [6.45, 7) is 11.4. The molecule has 0 atom stereocenters. The van der Waals surface area contributed by atoms with Gasteiger partial charge in [0, 0.05) is 32.7 Å². The van der Waals surface area contributed by atoms with Crippen LogP contribution < -0.4 is 0 Å². The lowest BCUT2D eigenvalue weighted by atomic mass is 10.2. The molecule has 1 rings (SSSR count). The fourth-order valence-corrected chi connectivity index (χ4v) is 1.42. The average molecular weight is 299 g/mol. The minimum absolute atomic E-state index is 0.249. The highest BCUT2D eigenvalue weighted by Crippen LogP contribution is 2.01. The van der Waals surface area contributed by atoms with Crippen LogP contribution in [-0.4, -0.2) is 34.5 Å². The molecule has 0 aliphatic carbocycles. The summed E-state index contributed by atoms with van der Waals surface area (Å²) in [7, 11) is 1.67. The quantitative estimate of drug-likeness (QED) is 0.687. The van der Waals surface area contributed by atoms with Gasteiger partial charge in [-0.1, -0.05) is 39.3 Å². The lowest BCUT2D eigenvalue weighted by molar-refractivity contribution is -0.117. The average Bonchev–Trinajstić information content (AvgIpc) is 2.92. The van der Waals surface area contributed by atoms with Crippen LogP contribution in [0.25, 0.3) is 0 Å². The molecule has 0 N–H and O–H groups in total. The van der Waals surface area contributed by atoms with E-state index in [1.165, 1.54) is 6.42 Å². The number of hydrogen-bond acceptors (Lipinski definition) is 4. The number of ether oxygens (including phenoxy) is 1. The third-order valence-electron chi connectivity index (χ3n) is 2.31. The number of methoxy groups -OCH3 is 1. The first kappa shape index (κ1) is 22.1. The van der Waals surface area contributed by atoms with Crippen molar-refractivity contribution in [3.05, 3.63) is 11.9 Å². The molecule has 0 saturated heterocycles. The molecule has 0 fully saturated rings. The summed E-state index contributed by atoms with van der Waals surface area (Å²) in [6.07, 6.45) is 6.53. The van der Waals surface area contributed by atoms with Crippen LogP contribution in [0.5, 0.6) is 0 Å². The molecular weight excluding hydrogens is 266 g/mol. The number of aromatic nitrogens is 3. The van der Waals surface area contributed by atoms with Gasteiger partial charge in [-0.25, -0.2) is 0 Å². The van der Waals surface area contributed by atoms with Crippen molar-refractivity contribution < 1.29 is 9.53 Å². The number of carbonyl (C=O) groups excluding carboxylic acids is 1. The van der Waals surface area contributed by atoms with Gasteiger partial charge in [-0.3, -0.25) is 4.68 Å². The second-order valence-corrected chi connectivity index (χ2v) is 4.58. The van der Waals surface area contributed by atoms with E-state index in [4.69, 9.17) is 4.74 Å². The minimum Gasteiger partial charge on any atom is -0.384 e. The van der Waals surface area contributed by atoms with Crippen LogP contribution in [0.3, 0.4) is 0 Å². The summed E-state index contributed by atoms with van der Waals surface area (Å²) in [5.41, 5.74) is 0.952. The molecule has 124 valence electrons. The van der Waals surface area contributed by atoms with Gasteiger partial charge >= 0.3 is 0 Å². The molecule has 1 aromatic heterocycles. The van der Waals surface area contributed by atoms with E-state index in [1.54, 1.807) is 14.0 Å². The zero-order chi connectivity index (χ0) is 16.5. The highest BCUT2D eigenvalue weighted by molar-refractivity contribution is 5.75. The minimum atomic E-state index is 0.249. The Morgan fingerprint density at radius 3 is 2.43 bits per heavy atom. The molecule has 0 radical (unpaired) electrons. The number of rotatable bonds is 8. The van der Waals surface area contributed by atoms with Gasteiger partial charge in [-0.15, -0.1) is 5.10 Å². The normalized spacial score (nSPS) is 9.24. The molecule has 0 aliphatic heterocycles. The zero-order valence-corrected chi connectivity index (χ0v) is 14.7. The molecule has 0 bridgehead atoms. The summed E-state index contributed by atoms with van der Waals surface area (Å²) < 4.78 is 6.79. The second kappa shape index (κ2) is 16.8. The largest absolute Gasteiger partial charge is 0.384 e. The first-order valence-electron chi connectivity index (χ1n) is 8.01. The molecule has 0 spiro atoms. The third-order valence-corrected chi connectivity index (χ3v) is 2.31. The van der Waals surface area contributed by atoms with E-state index in [0.29, 0.717) is 13.0 Å². The number of ketones is 1. The second-order valence-electron chi connectivity index (χ2n) is 4.58. The number of carbonyl (C=O) groups is 1. The van der Waals surface area contributed by atoms with E-state index in [2.05, 4.69) is 24.2 Å². The van der Waals surface area contributed by atoms with Crippen LogP contribution in [0.15, 0.2) is 6.20 Å². The number of Topliss-reactive ketones (excluding diaryl/α,β-unsaturated/α-hetero) is 1. The molecule has 0 aliphatic rings. The fourth-order valence-electron chi connectivity index (χ4n) is 1.42. The van der Waals surface area contributed by atoms with Crippen molar-refractivity contribution >= 4 is 5.78 Å². The summed E-state index contributed by atoms with van der Waals surface area (Å²) in [6, 6.07) is 0. The van der Waals surface area contributed by atoms with E-state index in [9.17, 15) is 4.79 Å². The number of unbranched alkanes of at least 4 members (excludes halogenated alkanes) is 1. The summed E-state index contributed by atoms with van der Waals surface area (Å²) in [5.74, 6) is 0.249. The summed E-state index contributed by atoms with van der Waals surface area (Å²) in [5, 5.41) is 8.05. The lowest BCUT2D eigenvalue weighted by Gasteiger charge is -1.98. The van der Waals surface area contributed by atoms with E-state index in [0.717, 1.165) is 31.5 Å². The smallest absolute Gasteiger partial charge is 0.129 e. The van der Waals surface area contributed by atoms with E-state index in [1.807, 2.05) is 24.7 Å². The van der Waals surface area contributed by atoms with E-state index in [-0.39, 0.29) is 5.78 Å². The van der Waals surface area contributed by atoms with Crippen LogP contribution >= 0.6 is 0 Å². The van der Waals surface area contributed by atoms with Gasteiger partial charge in [0.25, 0.3) is 0 Å². The lowest BCUT2D eigenvalue weighted by Crippen LogP contribution is -2.00. The van der Waals surface area contributed by atoms with Crippen molar-refractivity contribution in [1.82, 2.24) is 15.0 Å². The maximum Gasteiger partial charge on any atom is 0.129 e. The first-order valence-corrected chi connectivity index (χ1v) is 8.01. The number of aryl methyl sites for hydroxylation is 1. The van der Waals surface area contributed by atoms with Crippen LogP contribution in [0.2, 0.25) is 0 Å². The topological polar surface area (TPSA) is 57.0 Å². The van der Waals surface area contributed by atoms with Crippen LogP contribution in [0.1, 0.15) is 66.0 Å². The highest BCUT2D eigenvalue weighted by atomic mass is 16.5. The molecule has 5 heteroatoms. The summed E-state index contributed by atoms with van der Waals surface area (Å²) in [4.78, 5) is 10.7. The van der Waals surface area contributed by atoms with Crippen molar-refractivity contribution in [3.8, 4) is 0 Å². The Bertz CT molecular complexity index is 338. The number of nitrogens with zero attached hydrogens (tertiary/aromatic N) is 3. The van der Waals surface area contributed by atoms with Crippen molar-refractivity contribution in [1.29, 1.82) is 0 Å². The van der Waals surface area contributed by atoms with E-state index >= 15 is 0 Å². The molecule has 0 unspecified atom stereocenters. The van der Waals surface area contributed by atoms with Gasteiger partial charge in [-0.05, 0) is 19.8 Å². The van der Waals surface area contributed by atoms with Crippen molar-refractivity contribution in [2.75, 3.05) is 13.7 Å². The van der Waals surface area contributed by atoms with Crippen LogP contribution in [0.4, 0.5) is 0 Å². The Morgan fingerprint density at radius 1 is 1.29 bits per heavy atom. The maximum absolute atomic E-state index is 10.7. The Hall–Kier alpha value is -1.23. The van der Waals surface area contributed by atoms with Gasteiger partial charge in [-0.2, -0.15) is 0 Å².